The molecule has 1 saturated carbocycles. The van der Waals surface area contributed by atoms with E-state index >= 15 is 0 Å². The number of hydrogen-bond donors (Lipinski definition) is 1. The van der Waals surface area contributed by atoms with Gasteiger partial charge in [0.25, 0.3) is 5.91 Å². The Morgan fingerprint density at radius 2 is 1.96 bits per heavy atom. The van der Waals surface area contributed by atoms with E-state index in [1.807, 2.05) is 36.5 Å². The summed E-state index contributed by atoms with van der Waals surface area (Å²) in [6.07, 6.45) is 3.67. The molecular formula is C21H23N5O2. The number of nitrogens with zero attached hydrogens (tertiary/aromatic N) is 4. The SMILES string of the molecule is CN1CC(c2ccnn2C2CC(NC(=O)c3cc(-c4ccccc4)no3)C2)C1. The second-order valence-electron chi connectivity index (χ2n) is 7.86. The van der Waals surface area contributed by atoms with E-state index in [-0.39, 0.29) is 17.7 Å². The quantitative estimate of drug-likeness (QED) is 0.740. The van der Waals surface area contributed by atoms with Gasteiger partial charge in [0.05, 0.1) is 6.04 Å². The fraction of sp³-hybridized carbons (Fsp3) is 0.381. The lowest BCUT2D eigenvalue weighted by molar-refractivity contribution is 0.0846. The van der Waals surface area contributed by atoms with E-state index in [1.54, 1.807) is 6.07 Å². The second-order valence-corrected chi connectivity index (χ2v) is 7.86. The minimum Gasteiger partial charge on any atom is -0.350 e. The number of carbonyl (C=O) groups is 1. The molecule has 2 fully saturated rings. The van der Waals surface area contributed by atoms with Gasteiger partial charge in [0.1, 0.15) is 5.69 Å². The molecule has 1 aliphatic carbocycles. The Kier molecular flexibility index (Phi) is 4.24. The molecule has 144 valence electrons. The van der Waals surface area contributed by atoms with Crippen LogP contribution in [-0.2, 0) is 0 Å². The zero-order chi connectivity index (χ0) is 19.1. The number of hydrogen-bond acceptors (Lipinski definition) is 5. The summed E-state index contributed by atoms with van der Waals surface area (Å²) >= 11 is 0. The molecule has 7 heteroatoms. The highest BCUT2D eigenvalue weighted by molar-refractivity contribution is 5.92. The molecule has 1 saturated heterocycles. The van der Waals surface area contributed by atoms with Gasteiger partial charge >= 0.3 is 0 Å². The number of aromatic nitrogens is 3. The molecule has 1 N–H and O–H groups in total. The Labute approximate surface area is 163 Å². The average molecular weight is 377 g/mol. The van der Waals surface area contributed by atoms with Crippen LogP contribution in [0.5, 0.6) is 0 Å². The minimum atomic E-state index is -0.209. The van der Waals surface area contributed by atoms with Crippen molar-refractivity contribution in [3.05, 3.63) is 60.1 Å². The van der Waals surface area contributed by atoms with Gasteiger partial charge in [0.15, 0.2) is 0 Å². The maximum Gasteiger partial charge on any atom is 0.290 e. The summed E-state index contributed by atoms with van der Waals surface area (Å²) in [4.78, 5) is 14.8. The monoisotopic (exact) mass is 377 g/mol. The molecule has 5 rings (SSSR count). The highest BCUT2D eigenvalue weighted by Gasteiger charge is 2.36. The van der Waals surface area contributed by atoms with Crippen molar-refractivity contribution in [3.63, 3.8) is 0 Å². The predicted molar refractivity (Wildman–Crippen MR) is 104 cm³/mol. The van der Waals surface area contributed by atoms with Crippen molar-refractivity contribution in [1.82, 2.24) is 25.2 Å². The van der Waals surface area contributed by atoms with E-state index in [9.17, 15) is 4.79 Å². The van der Waals surface area contributed by atoms with Gasteiger partial charge in [-0.15, -0.1) is 0 Å². The van der Waals surface area contributed by atoms with Crippen LogP contribution >= 0.6 is 0 Å². The summed E-state index contributed by atoms with van der Waals surface area (Å²) in [7, 11) is 2.14. The number of likely N-dealkylation sites (N-methyl/N-ethyl adjacent to an activating group) is 1. The Balaban J connectivity index is 1.18. The third kappa shape index (κ3) is 3.11. The molecule has 0 atom stereocenters. The molecule has 3 aromatic rings. The Bertz CT molecular complexity index is 968. The first-order valence-corrected chi connectivity index (χ1v) is 9.72. The average Bonchev–Trinajstić information content (AvgIpc) is 3.32. The number of nitrogens with one attached hydrogen (secondary N) is 1. The lowest BCUT2D eigenvalue weighted by Crippen LogP contribution is -2.47. The first-order valence-electron chi connectivity index (χ1n) is 9.72. The molecule has 3 heterocycles. The molecule has 2 aliphatic rings. The lowest BCUT2D eigenvalue weighted by Gasteiger charge is -2.40. The van der Waals surface area contributed by atoms with E-state index < -0.39 is 0 Å². The van der Waals surface area contributed by atoms with Crippen LogP contribution in [0, 0.1) is 0 Å². The van der Waals surface area contributed by atoms with E-state index in [1.165, 1.54) is 5.69 Å². The highest BCUT2D eigenvalue weighted by atomic mass is 16.5. The molecule has 2 aromatic heterocycles. The van der Waals surface area contributed by atoms with E-state index in [0.717, 1.165) is 31.5 Å². The van der Waals surface area contributed by atoms with Crippen molar-refractivity contribution in [2.75, 3.05) is 20.1 Å². The molecule has 0 radical (unpaired) electrons. The van der Waals surface area contributed by atoms with Crippen molar-refractivity contribution in [1.29, 1.82) is 0 Å². The van der Waals surface area contributed by atoms with E-state index in [0.29, 0.717) is 17.7 Å². The Morgan fingerprint density at radius 3 is 2.71 bits per heavy atom. The summed E-state index contributed by atoms with van der Waals surface area (Å²) in [6, 6.07) is 14.0. The van der Waals surface area contributed by atoms with Crippen LogP contribution in [0.1, 0.15) is 41.1 Å². The molecule has 1 aliphatic heterocycles. The molecule has 0 unspecified atom stereocenters. The maximum absolute atomic E-state index is 12.5. The fourth-order valence-corrected chi connectivity index (χ4v) is 4.13. The van der Waals surface area contributed by atoms with Crippen LogP contribution in [0.25, 0.3) is 11.3 Å². The van der Waals surface area contributed by atoms with Crippen LogP contribution < -0.4 is 5.32 Å². The van der Waals surface area contributed by atoms with Gasteiger partial charge in [0.2, 0.25) is 5.76 Å². The zero-order valence-corrected chi connectivity index (χ0v) is 15.8. The molecule has 1 aromatic carbocycles. The minimum absolute atomic E-state index is 0.142. The maximum atomic E-state index is 12.5. The van der Waals surface area contributed by atoms with Crippen molar-refractivity contribution in [2.24, 2.45) is 0 Å². The van der Waals surface area contributed by atoms with Crippen molar-refractivity contribution in [2.45, 2.75) is 30.8 Å². The van der Waals surface area contributed by atoms with Crippen LogP contribution in [0.2, 0.25) is 0 Å². The molecule has 1 amide bonds. The standard InChI is InChI=1S/C21H23N5O2/c1-25-12-15(13-25)19-7-8-22-26(19)17-9-16(10-17)23-21(27)20-11-18(24-28-20)14-5-3-2-4-6-14/h2-8,11,15-17H,9-10,12-13H2,1H3,(H,23,27). The number of amides is 1. The smallest absolute Gasteiger partial charge is 0.290 e. The largest absolute Gasteiger partial charge is 0.350 e. The first kappa shape index (κ1) is 17.2. The van der Waals surface area contributed by atoms with Crippen LogP contribution in [0.4, 0.5) is 0 Å². The third-order valence-corrected chi connectivity index (χ3v) is 5.78. The number of likely N-dealkylation sites (tertiary alicyclic amines) is 1. The normalized spacial score (nSPS) is 22.5. The molecule has 7 nitrogen and oxygen atoms in total. The number of carbonyl (C=O) groups excluding carboxylic acids is 1. The summed E-state index contributed by atoms with van der Waals surface area (Å²) in [6.45, 7) is 2.18. The summed E-state index contributed by atoms with van der Waals surface area (Å²) in [5.41, 5.74) is 2.92. The van der Waals surface area contributed by atoms with Crippen LogP contribution in [-0.4, -0.2) is 51.9 Å². The van der Waals surface area contributed by atoms with Gasteiger partial charge < -0.3 is 14.7 Å². The van der Waals surface area contributed by atoms with E-state index in [4.69, 9.17) is 4.52 Å². The number of rotatable bonds is 5. The van der Waals surface area contributed by atoms with Gasteiger partial charge in [-0.3, -0.25) is 9.48 Å². The zero-order valence-electron chi connectivity index (χ0n) is 15.8. The molecule has 28 heavy (non-hydrogen) atoms. The van der Waals surface area contributed by atoms with Gasteiger partial charge in [0, 0.05) is 48.6 Å². The first-order chi connectivity index (χ1) is 13.7. The fourth-order valence-electron chi connectivity index (χ4n) is 4.13. The molecule has 0 spiro atoms. The van der Waals surface area contributed by atoms with Crippen molar-refractivity contribution < 1.29 is 9.32 Å². The van der Waals surface area contributed by atoms with Gasteiger partial charge in [-0.25, -0.2) is 0 Å². The second kappa shape index (κ2) is 6.91. The topological polar surface area (TPSA) is 76.2 Å². The summed E-state index contributed by atoms with van der Waals surface area (Å²) in [5.74, 6) is 0.616. The predicted octanol–water partition coefficient (Wildman–Crippen LogP) is 2.70. The summed E-state index contributed by atoms with van der Waals surface area (Å²) < 4.78 is 7.40. The molecular weight excluding hydrogens is 354 g/mol. The lowest BCUT2D eigenvalue weighted by atomic mass is 9.85. The highest BCUT2D eigenvalue weighted by Crippen LogP contribution is 2.36. The Morgan fingerprint density at radius 1 is 1.18 bits per heavy atom. The number of benzene rings is 1. The van der Waals surface area contributed by atoms with Crippen molar-refractivity contribution >= 4 is 5.91 Å². The summed E-state index contributed by atoms with van der Waals surface area (Å²) in [5, 5.41) is 11.6. The Hall–Kier alpha value is -2.93. The van der Waals surface area contributed by atoms with Crippen molar-refractivity contribution in [3.8, 4) is 11.3 Å². The van der Waals surface area contributed by atoms with Gasteiger partial charge in [-0.05, 0) is 26.0 Å². The molecule has 0 bridgehead atoms. The van der Waals surface area contributed by atoms with E-state index in [2.05, 4.69) is 38.3 Å². The van der Waals surface area contributed by atoms with Crippen LogP contribution in [0.15, 0.2) is 53.2 Å². The van der Waals surface area contributed by atoms with Crippen LogP contribution in [0.3, 0.4) is 0 Å². The van der Waals surface area contributed by atoms with Gasteiger partial charge in [-0.1, -0.05) is 35.5 Å². The third-order valence-electron chi connectivity index (χ3n) is 5.78. The van der Waals surface area contributed by atoms with Gasteiger partial charge in [-0.2, -0.15) is 5.10 Å².